The van der Waals surface area contributed by atoms with Crippen LogP contribution >= 0.6 is 0 Å². The van der Waals surface area contributed by atoms with Crippen molar-refractivity contribution in [3.63, 3.8) is 0 Å². The minimum atomic E-state index is -4.40. The second kappa shape index (κ2) is 8.37. The molecule has 0 atom stereocenters. The topological polar surface area (TPSA) is 64.6 Å². The summed E-state index contributed by atoms with van der Waals surface area (Å²) in [6.07, 6.45) is 0.452. The fourth-order valence-corrected chi connectivity index (χ4v) is 3.68. The zero-order valence-corrected chi connectivity index (χ0v) is 16.4. The molecular weight excluding hydrogens is 397 g/mol. The van der Waals surface area contributed by atoms with Gasteiger partial charge in [0.25, 0.3) is 0 Å². The number of carbonyl (C=O) groups excluding carboxylic acids is 1. The van der Waals surface area contributed by atoms with Crippen LogP contribution in [0.2, 0.25) is 0 Å². The fraction of sp³-hybridized carbons (Fsp3) is 0.450. The molecule has 0 aliphatic carbocycles. The van der Waals surface area contributed by atoms with E-state index in [9.17, 15) is 18.0 Å². The monoisotopic (exact) mass is 420 g/mol. The van der Waals surface area contributed by atoms with E-state index in [1.54, 1.807) is 11.1 Å². The van der Waals surface area contributed by atoms with Crippen molar-refractivity contribution in [1.82, 2.24) is 14.9 Å². The second-order valence-corrected chi connectivity index (χ2v) is 7.41. The largest absolute Gasteiger partial charge is 0.417 e. The molecule has 4 heterocycles. The van der Waals surface area contributed by atoms with Gasteiger partial charge < -0.3 is 20.0 Å². The van der Waals surface area contributed by atoms with Crippen molar-refractivity contribution < 1.29 is 18.0 Å². The first-order valence-electron chi connectivity index (χ1n) is 9.95. The Morgan fingerprint density at radius 2 is 1.43 bits per heavy atom. The molecule has 10 heteroatoms. The molecule has 160 valence electrons. The smallest absolute Gasteiger partial charge is 0.357 e. The Balaban J connectivity index is 1.29. The Morgan fingerprint density at radius 3 is 1.97 bits per heavy atom. The van der Waals surface area contributed by atoms with E-state index in [1.807, 2.05) is 17.0 Å². The van der Waals surface area contributed by atoms with Gasteiger partial charge in [0.05, 0.1) is 17.4 Å². The molecule has 2 amide bonds. The van der Waals surface area contributed by atoms with Crippen LogP contribution in [0.4, 0.5) is 35.3 Å². The Labute approximate surface area is 172 Å². The number of aromatic nitrogens is 2. The first-order valence-corrected chi connectivity index (χ1v) is 9.95. The molecule has 4 rings (SSSR count). The molecule has 7 nitrogen and oxygen atoms in total. The van der Waals surface area contributed by atoms with Crippen molar-refractivity contribution in [3.8, 4) is 0 Å². The summed E-state index contributed by atoms with van der Waals surface area (Å²) in [4.78, 5) is 26.6. The highest BCUT2D eigenvalue weighted by Gasteiger charge is 2.31. The molecule has 2 aromatic heterocycles. The summed E-state index contributed by atoms with van der Waals surface area (Å²) in [5.41, 5.74) is -0.136. The van der Waals surface area contributed by atoms with Gasteiger partial charge >= 0.3 is 12.2 Å². The lowest BCUT2D eigenvalue weighted by Crippen LogP contribution is -2.50. The maximum atomic E-state index is 12.7. The number of hydrogen-bond donors (Lipinski definition) is 1. The number of amides is 2. The lowest BCUT2D eigenvalue weighted by molar-refractivity contribution is -0.137. The highest BCUT2D eigenvalue weighted by molar-refractivity contribution is 5.89. The number of urea groups is 1. The average Bonchev–Trinajstić information content (AvgIpc) is 3.29. The number of nitrogens with zero attached hydrogens (tertiary/aromatic N) is 5. The maximum Gasteiger partial charge on any atom is 0.417 e. The van der Waals surface area contributed by atoms with Crippen LogP contribution in [-0.2, 0) is 6.18 Å². The molecule has 1 N–H and O–H groups in total. The molecule has 0 bridgehead atoms. The van der Waals surface area contributed by atoms with Crippen LogP contribution in [0, 0.1) is 0 Å². The first-order chi connectivity index (χ1) is 14.4. The van der Waals surface area contributed by atoms with E-state index in [0.29, 0.717) is 37.7 Å². The van der Waals surface area contributed by atoms with Crippen LogP contribution in [-0.4, -0.2) is 60.2 Å². The number of alkyl halides is 3. The van der Waals surface area contributed by atoms with Gasteiger partial charge in [0.15, 0.2) is 0 Å². The van der Waals surface area contributed by atoms with Crippen LogP contribution in [0.3, 0.4) is 0 Å². The highest BCUT2D eigenvalue weighted by Crippen LogP contribution is 2.29. The molecular formula is C20H23F3N6O. The van der Waals surface area contributed by atoms with Gasteiger partial charge in [-0.3, -0.25) is 0 Å². The zero-order chi connectivity index (χ0) is 21.1. The van der Waals surface area contributed by atoms with Crippen LogP contribution in [0.25, 0.3) is 0 Å². The molecule has 2 aliphatic heterocycles. The van der Waals surface area contributed by atoms with E-state index >= 15 is 0 Å². The van der Waals surface area contributed by atoms with E-state index in [0.717, 1.165) is 31.2 Å². The average molecular weight is 420 g/mol. The minimum Gasteiger partial charge on any atom is -0.357 e. The number of hydrogen-bond acceptors (Lipinski definition) is 5. The van der Waals surface area contributed by atoms with Crippen LogP contribution in [0.5, 0.6) is 0 Å². The van der Waals surface area contributed by atoms with Gasteiger partial charge in [-0.1, -0.05) is 0 Å². The van der Waals surface area contributed by atoms with Crippen molar-refractivity contribution in [1.29, 1.82) is 0 Å². The number of nitrogens with one attached hydrogen (secondary N) is 1. The van der Waals surface area contributed by atoms with Gasteiger partial charge in [0, 0.05) is 45.5 Å². The summed E-state index contributed by atoms with van der Waals surface area (Å²) in [5.74, 6) is 1.40. The highest BCUT2D eigenvalue weighted by atomic mass is 19.4. The molecule has 0 radical (unpaired) electrons. The van der Waals surface area contributed by atoms with Gasteiger partial charge in [0.1, 0.15) is 11.6 Å². The third-order valence-electron chi connectivity index (χ3n) is 5.40. The van der Waals surface area contributed by atoms with Gasteiger partial charge in [-0.25, -0.2) is 14.8 Å². The normalized spacial score (nSPS) is 17.4. The van der Waals surface area contributed by atoms with Crippen LogP contribution in [0.15, 0.2) is 36.7 Å². The summed E-state index contributed by atoms with van der Waals surface area (Å²) in [7, 11) is 0. The summed E-state index contributed by atoms with van der Waals surface area (Å²) in [5, 5.41) is 2.85. The number of rotatable bonds is 3. The second-order valence-electron chi connectivity index (χ2n) is 7.41. The third-order valence-corrected chi connectivity index (χ3v) is 5.40. The fourth-order valence-electron chi connectivity index (χ4n) is 3.68. The van der Waals surface area contributed by atoms with E-state index in [4.69, 9.17) is 0 Å². The SMILES string of the molecule is O=C(Nc1ccc(N2CCCC2)nc1)N1CCN(c2ccc(C(F)(F)F)cn2)CC1. The standard InChI is InChI=1S/C20H23F3N6O/c21-20(22,23)15-3-5-17(24-13-15)28-9-11-29(12-10-28)19(30)26-16-4-6-18(25-14-16)27-7-1-2-8-27/h3-6,13-14H,1-2,7-12H2,(H,26,30). The minimum absolute atomic E-state index is 0.217. The number of halogens is 3. The first kappa shape index (κ1) is 20.2. The predicted molar refractivity (Wildman–Crippen MR) is 108 cm³/mol. The van der Waals surface area contributed by atoms with Crippen molar-refractivity contribution in [2.24, 2.45) is 0 Å². The van der Waals surface area contributed by atoms with Crippen molar-refractivity contribution in [2.75, 3.05) is 54.4 Å². The Bertz CT molecular complexity index is 858. The Morgan fingerprint density at radius 1 is 0.833 bits per heavy atom. The Hall–Kier alpha value is -3.04. The molecule has 2 fully saturated rings. The lowest BCUT2D eigenvalue weighted by atomic mass is 10.2. The summed E-state index contributed by atoms with van der Waals surface area (Å²) >= 11 is 0. The number of anilines is 3. The Kier molecular flexibility index (Phi) is 5.65. The van der Waals surface area contributed by atoms with Gasteiger partial charge in [-0.15, -0.1) is 0 Å². The number of piperazine rings is 1. The third kappa shape index (κ3) is 4.58. The number of carbonyl (C=O) groups is 1. The molecule has 30 heavy (non-hydrogen) atoms. The summed E-state index contributed by atoms with van der Waals surface area (Å²) in [6, 6.07) is 5.94. The zero-order valence-electron chi connectivity index (χ0n) is 16.4. The molecule has 2 saturated heterocycles. The summed E-state index contributed by atoms with van der Waals surface area (Å²) in [6.45, 7) is 3.92. The van der Waals surface area contributed by atoms with Crippen molar-refractivity contribution >= 4 is 23.4 Å². The van der Waals surface area contributed by atoms with Crippen molar-refractivity contribution in [3.05, 3.63) is 42.2 Å². The molecule has 0 saturated carbocycles. The van der Waals surface area contributed by atoms with Crippen molar-refractivity contribution in [2.45, 2.75) is 19.0 Å². The van der Waals surface area contributed by atoms with Crippen LogP contribution < -0.4 is 15.1 Å². The quantitative estimate of drug-likeness (QED) is 0.824. The van der Waals surface area contributed by atoms with E-state index < -0.39 is 11.7 Å². The van der Waals surface area contributed by atoms with E-state index in [-0.39, 0.29) is 6.03 Å². The maximum absolute atomic E-state index is 12.7. The van der Waals surface area contributed by atoms with Gasteiger partial charge in [-0.05, 0) is 37.1 Å². The molecule has 2 aliphatic rings. The lowest BCUT2D eigenvalue weighted by Gasteiger charge is -2.35. The van der Waals surface area contributed by atoms with Crippen LogP contribution in [0.1, 0.15) is 18.4 Å². The molecule has 2 aromatic rings. The molecule has 0 aromatic carbocycles. The van der Waals surface area contributed by atoms with E-state index in [2.05, 4.69) is 20.2 Å². The van der Waals surface area contributed by atoms with E-state index in [1.165, 1.54) is 18.9 Å². The van der Waals surface area contributed by atoms with Gasteiger partial charge in [0.2, 0.25) is 0 Å². The van der Waals surface area contributed by atoms with Gasteiger partial charge in [-0.2, -0.15) is 13.2 Å². The molecule has 0 unspecified atom stereocenters. The number of pyridine rings is 2. The predicted octanol–water partition coefficient (Wildman–Crippen LogP) is 3.45. The molecule has 0 spiro atoms. The summed E-state index contributed by atoms with van der Waals surface area (Å²) < 4.78 is 38.0.